The minimum atomic E-state index is 0.0662. The summed E-state index contributed by atoms with van der Waals surface area (Å²) in [6, 6.07) is 9.99. The number of rotatable bonds is 5. The Labute approximate surface area is 90.7 Å². The molecule has 0 aliphatic heterocycles. The van der Waals surface area contributed by atoms with Crippen LogP contribution in [0.25, 0.3) is 0 Å². The fraction of sp³-hybridized carbons (Fsp3) is 0.417. The van der Waals surface area contributed by atoms with Gasteiger partial charge < -0.3 is 11.1 Å². The van der Waals surface area contributed by atoms with Crippen LogP contribution in [0.1, 0.15) is 31.4 Å². The van der Waals surface area contributed by atoms with Crippen LogP contribution in [0.4, 0.5) is 0 Å². The van der Waals surface area contributed by atoms with Crippen molar-refractivity contribution < 1.29 is 4.79 Å². The molecule has 0 fully saturated rings. The second-order valence-electron chi connectivity index (χ2n) is 3.59. The third-order valence-electron chi connectivity index (χ3n) is 2.29. The number of amides is 1. The maximum absolute atomic E-state index is 11.4. The summed E-state index contributed by atoms with van der Waals surface area (Å²) in [6.07, 6.45) is 1.25. The van der Waals surface area contributed by atoms with Crippen LogP contribution in [0.3, 0.4) is 0 Å². The maximum atomic E-state index is 11.4. The van der Waals surface area contributed by atoms with Crippen LogP contribution in [0, 0.1) is 0 Å². The van der Waals surface area contributed by atoms with E-state index >= 15 is 0 Å². The van der Waals surface area contributed by atoms with Gasteiger partial charge in [-0.1, -0.05) is 30.3 Å². The minimum Gasteiger partial charge on any atom is -0.350 e. The number of nitrogens with two attached hydrogens (primary N) is 1. The highest BCUT2D eigenvalue weighted by atomic mass is 16.1. The summed E-state index contributed by atoms with van der Waals surface area (Å²) >= 11 is 0. The zero-order chi connectivity index (χ0) is 11.1. The van der Waals surface area contributed by atoms with Crippen LogP contribution >= 0.6 is 0 Å². The van der Waals surface area contributed by atoms with Gasteiger partial charge in [-0.3, -0.25) is 4.79 Å². The van der Waals surface area contributed by atoms with E-state index < -0.39 is 0 Å². The van der Waals surface area contributed by atoms with E-state index in [1.807, 2.05) is 37.3 Å². The van der Waals surface area contributed by atoms with Gasteiger partial charge in [-0.15, -0.1) is 0 Å². The molecule has 0 aliphatic carbocycles. The lowest BCUT2D eigenvalue weighted by molar-refractivity contribution is -0.121. The number of carbonyl (C=O) groups is 1. The van der Waals surface area contributed by atoms with Gasteiger partial charge in [0.05, 0.1) is 6.04 Å². The van der Waals surface area contributed by atoms with Gasteiger partial charge in [-0.05, 0) is 25.5 Å². The van der Waals surface area contributed by atoms with E-state index in [-0.39, 0.29) is 11.9 Å². The molecule has 3 heteroatoms. The summed E-state index contributed by atoms with van der Waals surface area (Å²) < 4.78 is 0. The molecule has 1 rings (SSSR count). The fourth-order valence-corrected chi connectivity index (χ4v) is 1.40. The SMILES string of the molecule is C[C@@H](NC(=O)CCCN)c1ccccc1. The van der Waals surface area contributed by atoms with Gasteiger partial charge in [0.15, 0.2) is 0 Å². The molecule has 0 aromatic heterocycles. The van der Waals surface area contributed by atoms with E-state index in [9.17, 15) is 4.79 Å². The standard InChI is InChI=1S/C12H18N2O/c1-10(11-6-3-2-4-7-11)14-12(15)8-5-9-13/h2-4,6-7,10H,5,8-9,13H2,1H3,(H,14,15)/t10-/m1/s1. The van der Waals surface area contributed by atoms with Crippen molar-refractivity contribution in [2.75, 3.05) is 6.54 Å². The van der Waals surface area contributed by atoms with Gasteiger partial charge in [0.25, 0.3) is 0 Å². The summed E-state index contributed by atoms with van der Waals surface area (Å²) in [6.45, 7) is 2.54. The third kappa shape index (κ3) is 4.13. The van der Waals surface area contributed by atoms with Gasteiger partial charge in [0.2, 0.25) is 5.91 Å². The lowest BCUT2D eigenvalue weighted by atomic mass is 10.1. The van der Waals surface area contributed by atoms with Crippen molar-refractivity contribution >= 4 is 5.91 Å². The predicted molar refractivity (Wildman–Crippen MR) is 61.3 cm³/mol. The van der Waals surface area contributed by atoms with Crippen LogP contribution in [-0.2, 0) is 4.79 Å². The van der Waals surface area contributed by atoms with E-state index in [4.69, 9.17) is 5.73 Å². The van der Waals surface area contributed by atoms with Crippen molar-refractivity contribution in [2.45, 2.75) is 25.8 Å². The molecule has 3 nitrogen and oxygen atoms in total. The van der Waals surface area contributed by atoms with Crippen LogP contribution in [0.15, 0.2) is 30.3 Å². The van der Waals surface area contributed by atoms with E-state index in [1.54, 1.807) is 0 Å². The highest BCUT2D eigenvalue weighted by molar-refractivity contribution is 5.76. The molecule has 1 amide bonds. The smallest absolute Gasteiger partial charge is 0.220 e. The highest BCUT2D eigenvalue weighted by Crippen LogP contribution is 2.11. The number of benzene rings is 1. The molecule has 0 radical (unpaired) electrons. The highest BCUT2D eigenvalue weighted by Gasteiger charge is 2.07. The molecule has 0 saturated heterocycles. The quantitative estimate of drug-likeness (QED) is 0.769. The van der Waals surface area contributed by atoms with Gasteiger partial charge in [0.1, 0.15) is 0 Å². The van der Waals surface area contributed by atoms with E-state index in [0.717, 1.165) is 12.0 Å². The first-order valence-electron chi connectivity index (χ1n) is 5.28. The second kappa shape index (κ2) is 6.19. The van der Waals surface area contributed by atoms with E-state index in [2.05, 4.69) is 5.32 Å². The molecule has 0 aliphatic rings. The Morgan fingerprint density at radius 1 is 1.40 bits per heavy atom. The van der Waals surface area contributed by atoms with Crippen molar-refractivity contribution in [1.82, 2.24) is 5.32 Å². The lowest BCUT2D eigenvalue weighted by Gasteiger charge is -2.13. The Kier molecular flexibility index (Phi) is 4.84. The molecule has 0 unspecified atom stereocenters. The molecule has 1 aromatic carbocycles. The van der Waals surface area contributed by atoms with Crippen molar-refractivity contribution in [2.24, 2.45) is 5.73 Å². The number of hydrogen-bond donors (Lipinski definition) is 2. The van der Waals surface area contributed by atoms with Gasteiger partial charge in [-0.25, -0.2) is 0 Å². The van der Waals surface area contributed by atoms with Crippen molar-refractivity contribution in [3.05, 3.63) is 35.9 Å². The monoisotopic (exact) mass is 206 g/mol. The van der Waals surface area contributed by atoms with Gasteiger partial charge >= 0.3 is 0 Å². The van der Waals surface area contributed by atoms with Crippen LogP contribution < -0.4 is 11.1 Å². The molecule has 0 saturated carbocycles. The normalized spacial score (nSPS) is 12.1. The fourth-order valence-electron chi connectivity index (χ4n) is 1.40. The van der Waals surface area contributed by atoms with Crippen molar-refractivity contribution in [1.29, 1.82) is 0 Å². The minimum absolute atomic E-state index is 0.0662. The first-order chi connectivity index (χ1) is 7.24. The third-order valence-corrected chi connectivity index (χ3v) is 2.29. The molecule has 3 N–H and O–H groups in total. The van der Waals surface area contributed by atoms with Crippen molar-refractivity contribution in [3.8, 4) is 0 Å². The van der Waals surface area contributed by atoms with E-state index in [1.165, 1.54) is 0 Å². The molecule has 1 aromatic rings. The van der Waals surface area contributed by atoms with Crippen molar-refractivity contribution in [3.63, 3.8) is 0 Å². The molecular formula is C12H18N2O. The number of hydrogen-bond acceptors (Lipinski definition) is 2. The summed E-state index contributed by atoms with van der Waals surface area (Å²) in [5.74, 6) is 0.0665. The summed E-state index contributed by atoms with van der Waals surface area (Å²) in [4.78, 5) is 11.4. The molecule has 1 atom stereocenters. The van der Waals surface area contributed by atoms with Gasteiger partial charge in [-0.2, -0.15) is 0 Å². The number of nitrogens with one attached hydrogen (secondary N) is 1. The topological polar surface area (TPSA) is 55.1 Å². The Hall–Kier alpha value is -1.35. The molecule has 0 heterocycles. The Morgan fingerprint density at radius 2 is 2.07 bits per heavy atom. The molecule has 15 heavy (non-hydrogen) atoms. The largest absolute Gasteiger partial charge is 0.350 e. The summed E-state index contributed by atoms with van der Waals surface area (Å²) in [7, 11) is 0. The summed E-state index contributed by atoms with van der Waals surface area (Å²) in [5.41, 5.74) is 6.46. The predicted octanol–water partition coefficient (Wildman–Crippen LogP) is 1.60. The lowest BCUT2D eigenvalue weighted by Crippen LogP contribution is -2.26. The molecule has 0 bridgehead atoms. The Morgan fingerprint density at radius 3 is 2.67 bits per heavy atom. The van der Waals surface area contributed by atoms with Crippen LogP contribution in [-0.4, -0.2) is 12.5 Å². The second-order valence-corrected chi connectivity index (χ2v) is 3.59. The summed E-state index contributed by atoms with van der Waals surface area (Å²) in [5, 5.41) is 2.94. The zero-order valence-electron chi connectivity index (χ0n) is 9.07. The molecule has 0 spiro atoms. The van der Waals surface area contributed by atoms with Crippen LogP contribution in [0.2, 0.25) is 0 Å². The molecular weight excluding hydrogens is 188 g/mol. The first kappa shape index (κ1) is 11.7. The molecule has 82 valence electrons. The Balaban J connectivity index is 2.42. The average Bonchev–Trinajstić information content (AvgIpc) is 2.27. The van der Waals surface area contributed by atoms with Gasteiger partial charge in [0, 0.05) is 6.42 Å². The maximum Gasteiger partial charge on any atom is 0.220 e. The average molecular weight is 206 g/mol. The first-order valence-corrected chi connectivity index (χ1v) is 5.28. The van der Waals surface area contributed by atoms with E-state index in [0.29, 0.717) is 13.0 Å². The van der Waals surface area contributed by atoms with Crippen LogP contribution in [0.5, 0.6) is 0 Å². The Bertz CT molecular complexity index is 298. The number of carbonyl (C=O) groups excluding carboxylic acids is 1. The zero-order valence-corrected chi connectivity index (χ0v) is 9.07.